The number of thioether (sulfide) groups is 1. The molecule has 2 aromatic rings. The summed E-state index contributed by atoms with van der Waals surface area (Å²) in [5.74, 6) is 0.626. The van der Waals surface area contributed by atoms with Crippen molar-refractivity contribution >= 4 is 11.8 Å². The van der Waals surface area contributed by atoms with Crippen molar-refractivity contribution in [2.24, 2.45) is 0 Å². The number of aliphatic hydroxyl groups excluding tert-OH is 1. The van der Waals surface area contributed by atoms with E-state index in [0.29, 0.717) is 12.3 Å². The minimum atomic E-state index is -0.361. The quantitative estimate of drug-likeness (QED) is 0.678. The molecule has 1 aromatic heterocycles. The molecule has 0 aliphatic carbocycles. The fourth-order valence-corrected chi connectivity index (χ4v) is 3.39. The van der Waals surface area contributed by atoms with Gasteiger partial charge in [0.15, 0.2) is 5.16 Å². The molecule has 1 atom stereocenters. The van der Waals surface area contributed by atoms with Crippen LogP contribution in [0.15, 0.2) is 41.8 Å². The van der Waals surface area contributed by atoms with Crippen molar-refractivity contribution in [3.05, 3.63) is 53.3 Å². The van der Waals surface area contributed by atoms with Crippen LogP contribution in [0, 0.1) is 6.92 Å². The Kier molecular flexibility index (Phi) is 5.08. The zero-order chi connectivity index (χ0) is 15.4. The van der Waals surface area contributed by atoms with Crippen molar-refractivity contribution in [1.82, 2.24) is 14.9 Å². The van der Waals surface area contributed by atoms with Gasteiger partial charge in [-0.2, -0.15) is 0 Å². The maximum Gasteiger partial charge on any atom is 0.187 e. The molecule has 0 radical (unpaired) electrons. The topological polar surface area (TPSA) is 49.3 Å². The zero-order valence-corrected chi connectivity index (χ0v) is 13.6. The number of aryl methyl sites for hydroxylation is 1. The summed E-state index contributed by atoms with van der Waals surface area (Å²) >= 11 is 1.51. The second-order valence-electron chi connectivity index (χ2n) is 5.76. The SMILES string of the molecule is Cc1cnc(SC[C@@H](O)CN2CCc3ccccc3C2)nc1. The highest BCUT2D eigenvalue weighted by atomic mass is 32.2. The zero-order valence-electron chi connectivity index (χ0n) is 12.8. The molecule has 22 heavy (non-hydrogen) atoms. The number of benzene rings is 1. The molecule has 1 aliphatic rings. The van der Waals surface area contributed by atoms with Crippen LogP contribution in [0.5, 0.6) is 0 Å². The molecular formula is C17H21N3OS. The van der Waals surface area contributed by atoms with Crippen LogP contribution in [0.3, 0.4) is 0 Å². The van der Waals surface area contributed by atoms with Crippen LogP contribution in [0.2, 0.25) is 0 Å². The molecule has 5 heteroatoms. The smallest absolute Gasteiger partial charge is 0.187 e. The molecule has 0 fully saturated rings. The summed E-state index contributed by atoms with van der Waals surface area (Å²) in [5, 5.41) is 11.0. The second-order valence-corrected chi connectivity index (χ2v) is 6.75. The standard InChI is InChI=1S/C17H21N3OS/c1-13-8-18-17(19-9-13)22-12-16(21)11-20-7-6-14-4-2-3-5-15(14)10-20/h2-5,8-9,16,21H,6-7,10-12H2,1H3/t16-/m0/s1. The molecule has 2 heterocycles. The average molecular weight is 315 g/mol. The largest absolute Gasteiger partial charge is 0.391 e. The molecule has 0 saturated carbocycles. The van der Waals surface area contributed by atoms with E-state index in [0.717, 1.165) is 30.2 Å². The molecule has 0 amide bonds. The number of rotatable bonds is 5. The van der Waals surface area contributed by atoms with Crippen LogP contribution in [0.25, 0.3) is 0 Å². The molecule has 0 bridgehead atoms. The van der Waals surface area contributed by atoms with Crippen LogP contribution >= 0.6 is 11.8 Å². The summed E-state index contributed by atoms with van der Waals surface area (Å²) < 4.78 is 0. The van der Waals surface area contributed by atoms with Crippen molar-refractivity contribution < 1.29 is 5.11 Å². The number of β-amino-alcohol motifs (C(OH)–C–C–N with tert-alkyl or cyclic N) is 1. The van der Waals surface area contributed by atoms with Gasteiger partial charge in [-0.1, -0.05) is 36.0 Å². The summed E-state index contributed by atoms with van der Waals surface area (Å²) in [5.41, 5.74) is 3.88. The van der Waals surface area contributed by atoms with E-state index in [4.69, 9.17) is 0 Å². The fourth-order valence-electron chi connectivity index (χ4n) is 2.69. The van der Waals surface area contributed by atoms with Gasteiger partial charge in [0.25, 0.3) is 0 Å². The van der Waals surface area contributed by atoms with Gasteiger partial charge in [-0.3, -0.25) is 4.90 Å². The van der Waals surface area contributed by atoms with Gasteiger partial charge in [-0.25, -0.2) is 9.97 Å². The Balaban J connectivity index is 1.48. The lowest BCUT2D eigenvalue weighted by atomic mass is 10.00. The van der Waals surface area contributed by atoms with E-state index in [1.807, 2.05) is 19.3 Å². The summed E-state index contributed by atoms with van der Waals surface area (Å²) in [6.07, 6.45) is 4.32. The Morgan fingerprint density at radius 3 is 2.73 bits per heavy atom. The molecule has 0 unspecified atom stereocenters. The average Bonchev–Trinajstić information content (AvgIpc) is 2.54. The lowest BCUT2D eigenvalue weighted by Crippen LogP contribution is -2.37. The first-order valence-electron chi connectivity index (χ1n) is 7.59. The third-order valence-corrected chi connectivity index (χ3v) is 4.86. The molecule has 1 aromatic carbocycles. The molecule has 4 nitrogen and oxygen atoms in total. The summed E-state index contributed by atoms with van der Waals surface area (Å²) in [6, 6.07) is 8.57. The Bertz CT molecular complexity index is 618. The lowest BCUT2D eigenvalue weighted by Gasteiger charge is -2.30. The maximum absolute atomic E-state index is 10.2. The Morgan fingerprint density at radius 2 is 1.95 bits per heavy atom. The molecule has 116 valence electrons. The highest BCUT2D eigenvalue weighted by Crippen LogP contribution is 2.19. The van der Waals surface area contributed by atoms with Gasteiger partial charge in [0.1, 0.15) is 0 Å². The third kappa shape index (κ3) is 4.06. The van der Waals surface area contributed by atoms with Crippen LogP contribution in [0.4, 0.5) is 0 Å². The minimum Gasteiger partial charge on any atom is -0.391 e. The second kappa shape index (κ2) is 7.22. The highest BCUT2D eigenvalue weighted by Gasteiger charge is 2.18. The summed E-state index contributed by atoms with van der Waals surface area (Å²) in [6.45, 7) is 4.61. The predicted octanol–water partition coefficient (Wildman–Crippen LogP) is 2.30. The van der Waals surface area contributed by atoms with Gasteiger partial charge in [-0.15, -0.1) is 0 Å². The molecule has 1 N–H and O–H groups in total. The van der Waals surface area contributed by atoms with Crippen molar-refractivity contribution in [1.29, 1.82) is 0 Å². The van der Waals surface area contributed by atoms with Crippen molar-refractivity contribution in [2.75, 3.05) is 18.8 Å². The first kappa shape index (κ1) is 15.5. The van der Waals surface area contributed by atoms with E-state index >= 15 is 0 Å². The van der Waals surface area contributed by atoms with E-state index < -0.39 is 0 Å². The van der Waals surface area contributed by atoms with Crippen molar-refractivity contribution in [3.63, 3.8) is 0 Å². The van der Waals surface area contributed by atoms with Gasteiger partial charge in [0.2, 0.25) is 0 Å². The van der Waals surface area contributed by atoms with Gasteiger partial charge in [0, 0.05) is 37.8 Å². The van der Waals surface area contributed by atoms with E-state index in [9.17, 15) is 5.11 Å². The van der Waals surface area contributed by atoms with E-state index in [1.165, 1.54) is 22.9 Å². The molecular weight excluding hydrogens is 294 g/mol. The monoisotopic (exact) mass is 315 g/mol. The van der Waals surface area contributed by atoms with E-state index in [1.54, 1.807) is 0 Å². The third-order valence-electron chi connectivity index (χ3n) is 3.84. The van der Waals surface area contributed by atoms with E-state index in [-0.39, 0.29) is 6.10 Å². The first-order valence-corrected chi connectivity index (χ1v) is 8.58. The molecule has 3 rings (SSSR count). The van der Waals surface area contributed by atoms with Crippen molar-refractivity contribution in [2.45, 2.75) is 31.1 Å². The highest BCUT2D eigenvalue weighted by molar-refractivity contribution is 7.99. The Labute approximate surface area is 135 Å². The number of nitrogens with zero attached hydrogens (tertiary/aromatic N) is 3. The molecule has 0 spiro atoms. The van der Waals surface area contributed by atoms with Crippen LogP contribution in [-0.2, 0) is 13.0 Å². The number of aliphatic hydroxyl groups is 1. The normalized spacial score (nSPS) is 16.3. The fraction of sp³-hybridized carbons (Fsp3) is 0.412. The van der Waals surface area contributed by atoms with Gasteiger partial charge < -0.3 is 5.11 Å². The predicted molar refractivity (Wildman–Crippen MR) is 88.9 cm³/mol. The Morgan fingerprint density at radius 1 is 1.23 bits per heavy atom. The minimum absolute atomic E-state index is 0.361. The maximum atomic E-state index is 10.2. The summed E-state index contributed by atoms with van der Waals surface area (Å²) in [7, 11) is 0. The van der Waals surface area contributed by atoms with Crippen LogP contribution in [-0.4, -0.2) is 44.9 Å². The number of hydrogen-bond acceptors (Lipinski definition) is 5. The number of fused-ring (bicyclic) bond motifs is 1. The van der Waals surface area contributed by atoms with Crippen LogP contribution < -0.4 is 0 Å². The number of aromatic nitrogens is 2. The van der Waals surface area contributed by atoms with Gasteiger partial charge in [-0.05, 0) is 30.0 Å². The summed E-state index contributed by atoms with van der Waals surface area (Å²) in [4.78, 5) is 10.8. The van der Waals surface area contributed by atoms with Gasteiger partial charge in [0.05, 0.1) is 6.10 Å². The van der Waals surface area contributed by atoms with E-state index in [2.05, 4.69) is 39.1 Å². The number of hydrogen-bond donors (Lipinski definition) is 1. The van der Waals surface area contributed by atoms with Gasteiger partial charge >= 0.3 is 0 Å². The Hall–Kier alpha value is -1.43. The molecule has 1 aliphatic heterocycles. The lowest BCUT2D eigenvalue weighted by molar-refractivity contribution is 0.122. The van der Waals surface area contributed by atoms with Crippen LogP contribution in [0.1, 0.15) is 16.7 Å². The first-order chi connectivity index (χ1) is 10.7. The van der Waals surface area contributed by atoms with Crippen molar-refractivity contribution in [3.8, 4) is 0 Å². The molecule has 0 saturated heterocycles.